The van der Waals surface area contributed by atoms with E-state index in [4.69, 9.17) is 13.9 Å². The lowest BCUT2D eigenvalue weighted by atomic mass is 10.1. The van der Waals surface area contributed by atoms with Crippen LogP contribution in [-0.4, -0.2) is 61.1 Å². The van der Waals surface area contributed by atoms with Crippen molar-refractivity contribution in [2.45, 2.75) is 24.5 Å². The molecular weight excluding hydrogens is 371 g/mol. The SMILES string of the molecule is COOP(OCC1OC(n2ccc(=O)[nH]c2=O)C(O)C1O)n1ccnc1. The summed E-state index contributed by atoms with van der Waals surface area (Å²) in [5, 5.41) is 20.4. The van der Waals surface area contributed by atoms with Crippen LogP contribution >= 0.6 is 8.53 Å². The monoisotopic (exact) mass is 388 g/mol. The Labute approximate surface area is 147 Å². The highest BCUT2D eigenvalue weighted by Gasteiger charge is 2.44. The fourth-order valence-electron chi connectivity index (χ4n) is 2.40. The predicted octanol–water partition coefficient (Wildman–Crippen LogP) is -1.28. The largest absolute Gasteiger partial charge is 0.387 e. The molecule has 0 amide bonds. The number of aliphatic hydroxyl groups is 2. The number of rotatable bonds is 7. The first-order valence-electron chi connectivity index (χ1n) is 7.46. The number of imidazole rings is 1. The van der Waals surface area contributed by atoms with Crippen LogP contribution < -0.4 is 11.2 Å². The van der Waals surface area contributed by atoms with E-state index in [2.05, 4.69) is 14.9 Å². The Morgan fingerprint density at radius 2 is 2.15 bits per heavy atom. The smallest absolute Gasteiger partial charge is 0.330 e. The summed E-state index contributed by atoms with van der Waals surface area (Å²) in [6, 6.07) is 1.11. The van der Waals surface area contributed by atoms with Gasteiger partial charge in [0, 0.05) is 24.7 Å². The van der Waals surface area contributed by atoms with Crippen LogP contribution in [0.3, 0.4) is 0 Å². The number of aromatic nitrogens is 4. The highest BCUT2D eigenvalue weighted by atomic mass is 31.2. The summed E-state index contributed by atoms with van der Waals surface area (Å²) in [7, 11) is -0.386. The number of ether oxygens (including phenoxy) is 1. The number of hydrogen-bond donors (Lipinski definition) is 3. The zero-order chi connectivity index (χ0) is 18.7. The van der Waals surface area contributed by atoms with E-state index in [-0.39, 0.29) is 6.61 Å². The molecule has 5 atom stereocenters. The second kappa shape index (κ2) is 8.18. The Bertz CT molecular complexity index is 824. The summed E-state index contributed by atoms with van der Waals surface area (Å²) < 4.78 is 18.6. The van der Waals surface area contributed by atoms with Crippen molar-refractivity contribution < 1.29 is 29.0 Å². The van der Waals surface area contributed by atoms with Gasteiger partial charge in [-0.25, -0.2) is 14.7 Å². The number of H-pyrrole nitrogens is 1. The van der Waals surface area contributed by atoms with E-state index in [1.54, 1.807) is 6.20 Å². The van der Waals surface area contributed by atoms with Gasteiger partial charge in [-0.3, -0.25) is 18.7 Å². The van der Waals surface area contributed by atoms with Crippen molar-refractivity contribution >= 4 is 8.53 Å². The summed E-state index contributed by atoms with van der Waals surface area (Å²) >= 11 is 0. The minimum atomic E-state index is -1.70. The highest BCUT2D eigenvalue weighted by Crippen LogP contribution is 2.41. The number of nitrogens with one attached hydrogen (secondary N) is 1. The van der Waals surface area contributed by atoms with E-state index < -0.39 is 44.3 Å². The molecule has 1 fully saturated rings. The van der Waals surface area contributed by atoms with Crippen molar-refractivity contribution in [1.82, 2.24) is 18.9 Å². The third-order valence-corrected chi connectivity index (χ3v) is 4.89. The zero-order valence-electron chi connectivity index (χ0n) is 13.5. The van der Waals surface area contributed by atoms with Crippen LogP contribution in [-0.2, 0) is 18.8 Å². The third kappa shape index (κ3) is 3.91. The highest BCUT2D eigenvalue weighted by molar-refractivity contribution is 7.45. The Morgan fingerprint density at radius 1 is 1.35 bits per heavy atom. The van der Waals surface area contributed by atoms with Crippen molar-refractivity contribution in [2.75, 3.05) is 13.7 Å². The summed E-state index contributed by atoms with van der Waals surface area (Å²) in [5.74, 6) is 0. The molecule has 13 heteroatoms. The Balaban J connectivity index is 1.69. The van der Waals surface area contributed by atoms with Gasteiger partial charge in [0.2, 0.25) is 0 Å². The third-order valence-electron chi connectivity index (χ3n) is 3.63. The molecule has 0 spiro atoms. The lowest BCUT2D eigenvalue weighted by Crippen LogP contribution is -2.37. The average molecular weight is 388 g/mol. The molecule has 2 aromatic heterocycles. The molecule has 0 aliphatic carbocycles. The summed E-state index contributed by atoms with van der Waals surface area (Å²) in [5.41, 5.74) is -1.35. The Kier molecular flexibility index (Phi) is 5.94. The van der Waals surface area contributed by atoms with E-state index in [1.165, 1.54) is 30.2 Å². The van der Waals surface area contributed by atoms with Crippen LogP contribution in [0.25, 0.3) is 0 Å². The molecule has 0 saturated carbocycles. The summed E-state index contributed by atoms with van der Waals surface area (Å²) in [6.07, 6.45) is 0.949. The van der Waals surface area contributed by atoms with Gasteiger partial charge in [-0.15, -0.1) is 0 Å². The second-order valence-electron chi connectivity index (χ2n) is 5.28. The quantitative estimate of drug-likeness (QED) is 0.299. The molecule has 5 unspecified atom stereocenters. The minimum Gasteiger partial charge on any atom is -0.387 e. The molecule has 1 aliphatic heterocycles. The number of aromatic amines is 1. The van der Waals surface area contributed by atoms with Gasteiger partial charge in [-0.2, -0.15) is 4.67 Å². The molecule has 1 aliphatic rings. The van der Waals surface area contributed by atoms with Crippen molar-refractivity contribution in [3.05, 3.63) is 51.8 Å². The van der Waals surface area contributed by atoms with Crippen molar-refractivity contribution in [1.29, 1.82) is 0 Å². The average Bonchev–Trinajstić information content (AvgIpc) is 3.23. The van der Waals surface area contributed by atoms with Gasteiger partial charge in [0.1, 0.15) is 24.6 Å². The van der Waals surface area contributed by atoms with Gasteiger partial charge >= 0.3 is 14.2 Å². The van der Waals surface area contributed by atoms with Crippen LogP contribution in [0, 0.1) is 0 Å². The maximum atomic E-state index is 11.9. The molecular formula is C13H17N4O8P. The molecule has 0 aromatic carbocycles. The molecule has 26 heavy (non-hydrogen) atoms. The van der Waals surface area contributed by atoms with Gasteiger partial charge in [-0.1, -0.05) is 0 Å². The second-order valence-corrected chi connectivity index (χ2v) is 6.63. The zero-order valence-corrected chi connectivity index (χ0v) is 14.4. The normalized spacial score (nSPS) is 26.9. The van der Waals surface area contributed by atoms with E-state index in [0.29, 0.717) is 0 Å². The van der Waals surface area contributed by atoms with E-state index in [9.17, 15) is 19.8 Å². The van der Waals surface area contributed by atoms with Crippen molar-refractivity contribution in [2.24, 2.45) is 0 Å². The standard InChI is InChI=1S/C13H17N4O8P/c1-22-25-26(16-5-3-14-7-16)23-6-8-10(19)11(20)12(24-8)17-4-2-9(18)15-13(17)21/h2-5,7-8,10-12,19-20H,6H2,1H3,(H,15,18,21). The van der Waals surface area contributed by atoms with E-state index in [1.807, 2.05) is 0 Å². The fraction of sp³-hybridized carbons (Fsp3) is 0.462. The molecule has 3 rings (SSSR count). The van der Waals surface area contributed by atoms with Crippen LogP contribution in [0.5, 0.6) is 0 Å². The lowest BCUT2D eigenvalue weighted by molar-refractivity contribution is -0.182. The topological polar surface area (TPSA) is 150 Å². The summed E-state index contributed by atoms with van der Waals surface area (Å²) in [4.78, 5) is 33.6. The van der Waals surface area contributed by atoms with Gasteiger partial charge in [0.05, 0.1) is 13.7 Å². The fourth-order valence-corrected chi connectivity index (χ4v) is 3.37. The van der Waals surface area contributed by atoms with Gasteiger partial charge in [0.15, 0.2) is 6.23 Å². The van der Waals surface area contributed by atoms with Gasteiger partial charge in [0.25, 0.3) is 5.56 Å². The van der Waals surface area contributed by atoms with E-state index >= 15 is 0 Å². The van der Waals surface area contributed by atoms with Gasteiger partial charge in [-0.05, 0) is 0 Å². The maximum absolute atomic E-state index is 11.9. The van der Waals surface area contributed by atoms with Crippen molar-refractivity contribution in [3.63, 3.8) is 0 Å². The lowest BCUT2D eigenvalue weighted by Gasteiger charge is -2.19. The maximum Gasteiger partial charge on any atom is 0.330 e. The van der Waals surface area contributed by atoms with Crippen LogP contribution in [0.2, 0.25) is 0 Å². The molecule has 142 valence electrons. The Morgan fingerprint density at radius 3 is 2.81 bits per heavy atom. The van der Waals surface area contributed by atoms with Crippen LogP contribution in [0.15, 0.2) is 40.6 Å². The molecule has 1 saturated heterocycles. The number of nitrogens with zero attached hydrogens (tertiary/aromatic N) is 3. The number of hydrogen-bond acceptors (Lipinski definition) is 9. The first-order chi connectivity index (χ1) is 12.5. The van der Waals surface area contributed by atoms with Gasteiger partial charge < -0.3 is 19.5 Å². The summed E-state index contributed by atoms with van der Waals surface area (Å²) in [6.45, 7) is -0.153. The molecule has 12 nitrogen and oxygen atoms in total. The minimum absolute atomic E-state index is 0.153. The first kappa shape index (κ1) is 18.9. The van der Waals surface area contributed by atoms with Crippen LogP contribution in [0.4, 0.5) is 0 Å². The number of aliphatic hydroxyl groups excluding tert-OH is 2. The van der Waals surface area contributed by atoms with Crippen molar-refractivity contribution in [3.8, 4) is 0 Å². The molecule has 0 radical (unpaired) electrons. The molecule has 3 N–H and O–H groups in total. The Hall–Kier alpha value is -1.92. The first-order valence-corrected chi connectivity index (χ1v) is 8.59. The molecule has 2 aromatic rings. The molecule has 0 bridgehead atoms. The van der Waals surface area contributed by atoms with E-state index in [0.717, 1.165) is 10.6 Å². The van der Waals surface area contributed by atoms with Crippen LogP contribution in [0.1, 0.15) is 6.23 Å². The molecule has 3 heterocycles. The predicted molar refractivity (Wildman–Crippen MR) is 85.8 cm³/mol.